The van der Waals surface area contributed by atoms with E-state index in [-0.39, 0.29) is 0 Å². The predicted octanol–water partition coefficient (Wildman–Crippen LogP) is 2.25. The topological polar surface area (TPSA) is 15.3 Å². The fourth-order valence-corrected chi connectivity index (χ4v) is 4.00. The van der Waals surface area contributed by atoms with Crippen molar-refractivity contribution in [3.05, 3.63) is 0 Å². The van der Waals surface area contributed by atoms with Gasteiger partial charge in [0, 0.05) is 18.6 Å². The van der Waals surface area contributed by atoms with Crippen LogP contribution in [0.3, 0.4) is 0 Å². The normalized spacial score (nSPS) is 38.1. The molecule has 16 heavy (non-hydrogen) atoms. The van der Waals surface area contributed by atoms with Crippen molar-refractivity contribution in [2.45, 2.75) is 57.5 Å². The highest BCUT2D eigenvalue weighted by molar-refractivity contribution is 4.94. The molecule has 3 aliphatic rings. The van der Waals surface area contributed by atoms with E-state index in [2.05, 4.69) is 17.1 Å². The van der Waals surface area contributed by atoms with Crippen LogP contribution in [-0.4, -0.2) is 36.6 Å². The van der Waals surface area contributed by atoms with E-state index < -0.39 is 0 Å². The SMILES string of the molecule is CC(CC1CCC1)N1CCCC2CNCC21. The van der Waals surface area contributed by atoms with Gasteiger partial charge in [-0.15, -0.1) is 0 Å². The summed E-state index contributed by atoms with van der Waals surface area (Å²) in [4.78, 5) is 2.83. The van der Waals surface area contributed by atoms with Gasteiger partial charge in [-0.2, -0.15) is 0 Å². The highest BCUT2D eigenvalue weighted by Crippen LogP contribution is 2.34. The monoisotopic (exact) mass is 222 g/mol. The number of likely N-dealkylation sites (tertiary alicyclic amines) is 1. The first-order valence-electron chi connectivity index (χ1n) is 7.31. The van der Waals surface area contributed by atoms with E-state index in [9.17, 15) is 0 Å². The maximum Gasteiger partial charge on any atom is 0.0263 e. The molecule has 3 fully saturated rings. The van der Waals surface area contributed by atoms with Gasteiger partial charge in [-0.25, -0.2) is 0 Å². The average molecular weight is 222 g/mol. The van der Waals surface area contributed by atoms with Crippen LogP contribution in [0, 0.1) is 11.8 Å². The molecule has 2 heterocycles. The summed E-state index contributed by atoms with van der Waals surface area (Å²) in [6.45, 7) is 6.35. The second-order valence-electron chi connectivity index (χ2n) is 6.25. The quantitative estimate of drug-likeness (QED) is 0.788. The summed E-state index contributed by atoms with van der Waals surface area (Å²) in [6.07, 6.45) is 8.85. The van der Waals surface area contributed by atoms with E-state index in [0.29, 0.717) is 0 Å². The van der Waals surface area contributed by atoms with Gasteiger partial charge in [-0.1, -0.05) is 19.3 Å². The maximum absolute atomic E-state index is 3.59. The molecule has 1 saturated carbocycles. The van der Waals surface area contributed by atoms with E-state index in [1.54, 1.807) is 0 Å². The lowest BCUT2D eigenvalue weighted by Crippen LogP contribution is -2.50. The van der Waals surface area contributed by atoms with E-state index >= 15 is 0 Å². The Bertz CT molecular complexity index is 237. The molecule has 0 aromatic heterocycles. The van der Waals surface area contributed by atoms with Crippen LogP contribution in [0.1, 0.15) is 45.4 Å². The molecule has 0 aromatic carbocycles. The van der Waals surface area contributed by atoms with Gasteiger partial charge in [0.1, 0.15) is 0 Å². The Balaban J connectivity index is 1.58. The fourth-order valence-electron chi connectivity index (χ4n) is 4.00. The summed E-state index contributed by atoms with van der Waals surface area (Å²) in [5.74, 6) is 2.02. The summed E-state index contributed by atoms with van der Waals surface area (Å²) in [5.41, 5.74) is 0. The maximum atomic E-state index is 3.59. The van der Waals surface area contributed by atoms with Crippen LogP contribution in [0.15, 0.2) is 0 Å². The second-order valence-corrected chi connectivity index (χ2v) is 6.25. The molecule has 0 radical (unpaired) electrons. The van der Waals surface area contributed by atoms with Crippen molar-refractivity contribution in [2.24, 2.45) is 11.8 Å². The minimum Gasteiger partial charge on any atom is -0.315 e. The van der Waals surface area contributed by atoms with Crippen molar-refractivity contribution in [3.8, 4) is 0 Å². The van der Waals surface area contributed by atoms with E-state index in [0.717, 1.165) is 23.9 Å². The average Bonchev–Trinajstić information content (AvgIpc) is 2.70. The Hall–Kier alpha value is -0.0800. The third-order valence-corrected chi connectivity index (χ3v) is 5.19. The third-order valence-electron chi connectivity index (χ3n) is 5.19. The van der Waals surface area contributed by atoms with Gasteiger partial charge < -0.3 is 5.32 Å². The highest BCUT2D eigenvalue weighted by atomic mass is 15.2. The molecule has 3 rings (SSSR count). The molecule has 0 amide bonds. The minimum atomic E-state index is 0.831. The molecule has 1 N–H and O–H groups in total. The lowest BCUT2D eigenvalue weighted by atomic mass is 9.80. The number of hydrogen-bond acceptors (Lipinski definition) is 2. The Morgan fingerprint density at radius 3 is 2.81 bits per heavy atom. The first-order chi connectivity index (χ1) is 7.84. The van der Waals surface area contributed by atoms with Crippen LogP contribution < -0.4 is 5.32 Å². The number of fused-ring (bicyclic) bond motifs is 1. The molecule has 2 heteroatoms. The van der Waals surface area contributed by atoms with Gasteiger partial charge in [0.05, 0.1) is 0 Å². The van der Waals surface area contributed by atoms with Crippen molar-refractivity contribution < 1.29 is 0 Å². The second kappa shape index (κ2) is 4.66. The number of nitrogens with zero attached hydrogens (tertiary/aromatic N) is 1. The molecule has 3 atom stereocenters. The molecule has 2 saturated heterocycles. The zero-order valence-corrected chi connectivity index (χ0v) is 10.6. The van der Waals surface area contributed by atoms with Gasteiger partial charge in [0.15, 0.2) is 0 Å². The van der Waals surface area contributed by atoms with Gasteiger partial charge in [0.25, 0.3) is 0 Å². The number of hydrogen-bond donors (Lipinski definition) is 1. The summed E-state index contributed by atoms with van der Waals surface area (Å²) in [5, 5.41) is 3.59. The zero-order valence-electron chi connectivity index (χ0n) is 10.6. The summed E-state index contributed by atoms with van der Waals surface area (Å²) in [7, 11) is 0. The van der Waals surface area contributed by atoms with Crippen molar-refractivity contribution in [2.75, 3.05) is 19.6 Å². The summed E-state index contributed by atoms with van der Waals surface area (Å²) >= 11 is 0. The van der Waals surface area contributed by atoms with Crippen LogP contribution in [-0.2, 0) is 0 Å². The fraction of sp³-hybridized carbons (Fsp3) is 1.00. The number of rotatable bonds is 3. The summed E-state index contributed by atoms with van der Waals surface area (Å²) < 4.78 is 0. The van der Waals surface area contributed by atoms with Gasteiger partial charge in [-0.05, 0) is 51.1 Å². The smallest absolute Gasteiger partial charge is 0.0263 e. The first-order valence-corrected chi connectivity index (χ1v) is 7.31. The van der Waals surface area contributed by atoms with Crippen molar-refractivity contribution in [1.29, 1.82) is 0 Å². The van der Waals surface area contributed by atoms with Gasteiger partial charge >= 0.3 is 0 Å². The van der Waals surface area contributed by atoms with Crippen LogP contribution >= 0.6 is 0 Å². The Kier molecular flexibility index (Phi) is 3.21. The van der Waals surface area contributed by atoms with Crippen molar-refractivity contribution >= 4 is 0 Å². The Labute approximate surface area is 99.8 Å². The van der Waals surface area contributed by atoms with Crippen LogP contribution in [0.4, 0.5) is 0 Å². The summed E-state index contributed by atoms with van der Waals surface area (Å²) in [6, 6.07) is 1.70. The van der Waals surface area contributed by atoms with Crippen molar-refractivity contribution in [3.63, 3.8) is 0 Å². The number of piperidine rings is 1. The van der Waals surface area contributed by atoms with E-state index in [4.69, 9.17) is 0 Å². The molecule has 0 bridgehead atoms. The molecule has 3 unspecified atom stereocenters. The van der Waals surface area contributed by atoms with Crippen LogP contribution in [0.2, 0.25) is 0 Å². The number of nitrogens with one attached hydrogen (secondary N) is 1. The lowest BCUT2D eigenvalue weighted by Gasteiger charge is -2.43. The lowest BCUT2D eigenvalue weighted by molar-refractivity contribution is 0.0643. The van der Waals surface area contributed by atoms with Gasteiger partial charge in [-0.3, -0.25) is 4.90 Å². The van der Waals surface area contributed by atoms with E-state index in [1.807, 2.05) is 0 Å². The minimum absolute atomic E-state index is 0.831. The van der Waals surface area contributed by atoms with Crippen LogP contribution in [0.25, 0.3) is 0 Å². The molecule has 0 aromatic rings. The molecular formula is C14H26N2. The highest BCUT2D eigenvalue weighted by Gasteiger charge is 2.37. The van der Waals surface area contributed by atoms with Crippen molar-refractivity contribution in [1.82, 2.24) is 10.2 Å². The molecule has 0 spiro atoms. The Morgan fingerprint density at radius 1 is 1.19 bits per heavy atom. The molecular weight excluding hydrogens is 196 g/mol. The van der Waals surface area contributed by atoms with Gasteiger partial charge in [0.2, 0.25) is 0 Å². The largest absolute Gasteiger partial charge is 0.315 e. The molecule has 92 valence electrons. The zero-order chi connectivity index (χ0) is 11.0. The first kappa shape index (κ1) is 11.0. The standard InChI is InChI=1S/C14H26N2/c1-11(8-12-4-2-5-12)16-7-3-6-13-9-15-10-14(13)16/h11-15H,2-10H2,1H3. The molecule has 1 aliphatic carbocycles. The predicted molar refractivity (Wildman–Crippen MR) is 67.5 cm³/mol. The van der Waals surface area contributed by atoms with Crippen LogP contribution in [0.5, 0.6) is 0 Å². The molecule has 2 aliphatic heterocycles. The third kappa shape index (κ3) is 2.02. The molecule has 2 nitrogen and oxygen atoms in total. The Morgan fingerprint density at radius 2 is 2.06 bits per heavy atom. The van der Waals surface area contributed by atoms with E-state index in [1.165, 1.54) is 58.2 Å².